The zero-order valence-electron chi connectivity index (χ0n) is 33.9. The molecule has 0 bridgehead atoms. The van der Waals surface area contributed by atoms with Crippen LogP contribution in [0.15, 0.2) is 96.2 Å². The summed E-state index contributed by atoms with van der Waals surface area (Å²) in [6.07, 6.45) is 7.49. The SMILES string of the molecule is C=CCOC12Oc3ccc(Oc4cccc([N+](=O)[O-])c4)cc3C3C(CCCCO)C(CCCCO)C=C(C(=NOCc4ccc([N+](=O)[O-])cc4)CC1N(C)C(=O)OCC)C32. The van der Waals surface area contributed by atoms with Crippen LogP contribution in [0.1, 0.15) is 68.9 Å². The van der Waals surface area contributed by atoms with Crippen molar-refractivity contribution in [2.24, 2.45) is 22.9 Å². The third-order valence-electron chi connectivity index (χ3n) is 11.5. The molecule has 0 saturated heterocycles. The maximum absolute atomic E-state index is 13.7. The summed E-state index contributed by atoms with van der Waals surface area (Å²) in [5.41, 5.74) is 2.67. The minimum Gasteiger partial charge on any atom is -0.459 e. The summed E-state index contributed by atoms with van der Waals surface area (Å²) in [6.45, 7) is 5.95. The molecule has 0 spiro atoms. The Balaban J connectivity index is 1.53. The second-order valence-corrected chi connectivity index (χ2v) is 15.1. The topological polar surface area (TPSA) is 206 Å². The zero-order chi connectivity index (χ0) is 42.8. The number of aliphatic hydroxyl groups excluding tert-OH is 2. The highest BCUT2D eigenvalue weighted by Gasteiger charge is 2.65. The average Bonchev–Trinajstić information content (AvgIpc) is 3.24. The minimum absolute atomic E-state index is 0.0146. The molecule has 1 fully saturated rings. The number of non-ortho nitro benzene ring substituents is 2. The van der Waals surface area contributed by atoms with E-state index in [1.54, 1.807) is 56.4 Å². The quantitative estimate of drug-likeness (QED) is 0.0478. The number of nitrogens with zero attached hydrogens (tertiary/aromatic N) is 4. The molecule has 3 aromatic carbocycles. The number of carbonyl (C=O) groups excluding carboxylic acids is 1. The Bertz CT molecular complexity index is 2070. The molecule has 2 N–H and O–H groups in total. The Kier molecular flexibility index (Phi) is 14.5. The minimum atomic E-state index is -1.50. The van der Waals surface area contributed by atoms with E-state index in [0.717, 1.165) is 30.4 Å². The number of oxime groups is 1. The predicted molar refractivity (Wildman–Crippen MR) is 221 cm³/mol. The van der Waals surface area contributed by atoms with Gasteiger partial charge >= 0.3 is 6.09 Å². The van der Waals surface area contributed by atoms with Gasteiger partial charge in [0.05, 0.1) is 40.8 Å². The number of fused-ring (bicyclic) bond motifs is 2. The van der Waals surface area contributed by atoms with Crippen LogP contribution in [-0.4, -0.2) is 82.1 Å². The van der Waals surface area contributed by atoms with Gasteiger partial charge in [0, 0.05) is 56.4 Å². The van der Waals surface area contributed by atoms with Crippen LogP contribution in [0.3, 0.4) is 0 Å². The monoisotopic (exact) mass is 828 g/mol. The summed E-state index contributed by atoms with van der Waals surface area (Å²) >= 11 is 0. The molecule has 1 saturated carbocycles. The number of likely N-dealkylation sites (N-methyl/N-ethyl adjacent to an activating group) is 1. The maximum Gasteiger partial charge on any atom is 0.409 e. The molecular formula is C44H52N4O12. The van der Waals surface area contributed by atoms with Gasteiger partial charge < -0.3 is 38.9 Å². The van der Waals surface area contributed by atoms with Crippen molar-refractivity contribution in [3.63, 3.8) is 0 Å². The van der Waals surface area contributed by atoms with Crippen molar-refractivity contribution >= 4 is 23.2 Å². The first-order valence-electron chi connectivity index (χ1n) is 20.3. The van der Waals surface area contributed by atoms with Crippen LogP contribution >= 0.6 is 0 Å². The first kappa shape index (κ1) is 43.7. The Labute approximate surface area is 348 Å². The molecular weight excluding hydrogens is 776 g/mol. The van der Waals surface area contributed by atoms with E-state index in [1.807, 2.05) is 6.07 Å². The van der Waals surface area contributed by atoms with Crippen molar-refractivity contribution in [2.75, 3.05) is 33.5 Å². The molecule has 16 heteroatoms. The highest BCUT2D eigenvalue weighted by atomic mass is 16.7. The Hall–Kier alpha value is -5.84. The Morgan fingerprint density at radius 2 is 1.70 bits per heavy atom. The number of hydrogen-bond donors (Lipinski definition) is 2. The molecule has 6 unspecified atom stereocenters. The Morgan fingerprint density at radius 3 is 2.38 bits per heavy atom. The molecule has 320 valence electrons. The van der Waals surface area contributed by atoms with E-state index in [-0.39, 0.29) is 74.3 Å². The van der Waals surface area contributed by atoms with Gasteiger partial charge in [-0.15, -0.1) is 6.58 Å². The van der Waals surface area contributed by atoms with Crippen molar-refractivity contribution in [1.82, 2.24) is 4.90 Å². The van der Waals surface area contributed by atoms with E-state index < -0.39 is 33.7 Å². The number of benzene rings is 3. The normalized spacial score (nSPS) is 23.3. The lowest BCUT2D eigenvalue weighted by molar-refractivity contribution is -0.385. The molecule has 16 nitrogen and oxygen atoms in total. The van der Waals surface area contributed by atoms with Crippen LogP contribution in [0.5, 0.6) is 17.2 Å². The highest BCUT2D eigenvalue weighted by molar-refractivity contribution is 6.03. The predicted octanol–water partition coefficient (Wildman–Crippen LogP) is 8.22. The second kappa shape index (κ2) is 19.9. The lowest BCUT2D eigenvalue weighted by Crippen LogP contribution is -2.69. The molecule has 1 amide bonds. The molecule has 6 atom stereocenters. The molecule has 1 aliphatic heterocycles. The van der Waals surface area contributed by atoms with Crippen LogP contribution in [0.4, 0.5) is 16.2 Å². The second-order valence-electron chi connectivity index (χ2n) is 15.1. The number of unbranched alkanes of at least 4 members (excludes halogenated alkanes) is 2. The molecule has 1 heterocycles. The third kappa shape index (κ3) is 9.46. The molecule has 0 radical (unpaired) electrons. The van der Waals surface area contributed by atoms with E-state index in [4.69, 9.17) is 28.9 Å². The lowest BCUT2D eigenvalue weighted by atomic mass is 9.55. The number of allylic oxidation sites excluding steroid dienone is 1. The van der Waals surface area contributed by atoms with Crippen LogP contribution in [-0.2, 0) is 20.9 Å². The fraction of sp³-hybridized carbons (Fsp3) is 0.455. The molecule has 6 rings (SSSR count). The number of amides is 1. The number of rotatable bonds is 20. The van der Waals surface area contributed by atoms with Gasteiger partial charge in [0.2, 0.25) is 5.79 Å². The van der Waals surface area contributed by atoms with E-state index >= 15 is 0 Å². The summed E-state index contributed by atoms with van der Waals surface area (Å²) in [5, 5.41) is 47.3. The Morgan fingerprint density at radius 1 is 0.983 bits per heavy atom. The molecule has 3 aliphatic rings. The maximum atomic E-state index is 13.7. The fourth-order valence-electron chi connectivity index (χ4n) is 8.84. The number of hydrogen-bond acceptors (Lipinski definition) is 13. The molecule has 2 aliphatic carbocycles. The van der Waals surface area contributed by atoms with Gasteiger partial charge in [0.25, 0.3) is 11.4 Å². The largest absolute Gasteiger partial charge is 0.459 e. The number of carbonyl (C=O) groups is 1. The van der Waals surface area contributed by atoms with Gasteiger partial charge in [-0.1, -0.05) is 36.2 Å². The van der Waals surface area contributed by atoms with Gasteiger partial charge in [-0.05, 0) is 92.0 Å². The number of ether oxygens (including phenoxy) is 4. The highest BCUT2D eigenvalue weighted by Crippen LogP contribution is 2.62. The molecule has 0 aromatic heterocycles. The van der Waals surface area contributed by atoms with Crippen LogP contribution in [0, 0.1) is 38.0 Å². The van der Waals surface area contributed by atoms with Crippen molar-refractivity contribution in [1.29, 1.82) is 0 Å². The van der Waals surface area contributed by atoms with E-state index in [1.165, 1.54) is 29.2 Å². The van der Waals surface area contributed by atoms with Crippen molar-refractivity contribution < 1.29 is 48.6 Å². The van der Waals surface area contributed by atoms with E-state index in [9.17, 15) is 35.2 Å². The summed E-state index contributed by atoms with van der Waals surface area (Å²) in [5.74, 6) is -1.31. The van der Waals surface area contributed by atoms with Gasteiger partial charge in [0.15, 0.2) is 0 Å². The molecule has 60 heavy (non-hydrogen) atoms. The number of aliphatic hydroxyl groups is 2. The summed E-state index contributed by atoms with van der Waals surface area (Å²) in [7, 11) is 1.63. The lowest BCUT2D eigenvalue weighted by Gasteiger charge is -2.59. The van der Waals surface area contributed by atoms with Crippen molar-refractivity contribution in [2.45, 2.75) is 76.2 Å². The first-order chi connectivity index (χ1) is 29.0. The summed E-state index contributed by atoms with van der Waals surface area (Å²) in [4.78, 5) is 43.1. The van der Waals surface area contributed by atoms with Crippen molar-refractivity contribution in [3.05, 3.63) is 122 Å². The number of nitro groups is 2. The van der Waals surface area contributed by atoms with Gasteiger partial charge in [-0.25, -0.2) is 4.79 Å². The van der Waals surface area contributed by atoms with Crippen LogP contribution in [0.2, 0.25) is 0 Å². The van der Waals surface area contributed by atoms with Crippen LogP contribution in [0.25, 0.3) is 0 Å². The van der Waals surface area contributed by atoms with Crippen molar-refractivity contribution in [3.8, 4) is 17.2 Å². The van der Waals surface area contributed by atoms with Gasteiger partial charge in [-0.2, -0.15) is 0 Å². The van der Waals surface area contributed by atoms with Gasteiger partial charge in [-0.3, -0.25) is 20.2 Å². The summed E-state index contributed by atoms with van der Waals surface area (Å²) < 4.78 is 25.7. The zero-order valence-corrected chi connectivity index (χ0v) is 33.9. The van der Waals surface area contributed by atoms with Crippen LogP contribution < -0.4 is 9.47 Å². The summed E-state index contributed by atoms with van der Waals surface area (Å²) in [6, 6.07) is 16.6. The smallest absolute Gasteiger partial charge is 0.409 e. The molecule has 3 aromatic rings. The number of nitro benzene ring substituents is 2. The first-order valence-corrected chi connectivity index (χ1v) is 20.3. The van der Waals surface area contributed by atoms with E-state index in [2.05, 4.69) is 12.7 Å². The van der Waals surface area contributed by atoms with E-state index in [0.29, 0.717) is 42.0 Å². The third-order valence-corrected chi connectivity index (χ3v) is 11.5. The standard InChI is InChI=1S/C44H52N4O12/c1-4-23-57-44-40(46(3)43(51)56-5-2)27-38(45-58-28-29-15-17-31(18-16-29)47(52)53)36-24-30(11-6-8-21-49)35(14-7-9-22-50)41(42(36)44)37-26-34(19-20-39(37)60-44)59-33-13-10-12-32(25-33)48(54)55/h4,10,12-13,15-20,24-26,30,35,40-42,49-50H,1,5-9,11,14,21-23,27-28H2,2-3H3. The fourth-order valence-corrected chi connectivity index (χ4v) is 8.84. The van der Waals surface area contributed by atoms with Gasteiger partial charge in [0.1, 0.15) is 29.9 Å². The average molecular weight is 829 g/mol.